The first-order valence-corrected chi connectivity index (χ1v) is 20.2. The Kier molecular flexibility index (Phi) is 26.6. The molecule has 270 valence electrons. The van der Waals surface area contributed by atoms with Gasteiger partial charge in [-0.3, -0.25) is 0 Å². The van der Waals surface area contributed by atoms with E-state index in [4.69, 9.17) is 17.0 Å². The lowest BCUT2D eigenvalue weighted by Crippen LogP contribution is -2.56. The molecule has 0 aliphatic rings. The van der Waals surface area contributed by atoms with Crippen molar-refractivity contribution >= 4 is 17.3 Å². The van der Waals surface area contributed by atoms with Gasteiger partial charge in [-0.15, -0.1) is 0 Å². The molecule has 0 aromatic rings. The number of hydrogen-bond donors (Lipinski definition) is 3. The molecule has 0 amide bonds. The average Bonchev–Trinajstić information content (AvgIpc) is 3.06. The first-order valence-electron chi connectivity index (χ1n) is 19.8. The van der Waals surface area contributed by atoms with E-state index in [2.05, 4.69) is 55.4 Å². The van der Waals surface area contributed by atoms with Crippen LogP contribution in [-0.2, 0) is 4.74 Å². The Hall–Kier alpha value is -0.230. The largest absolute Gasteiger partial charge is 0.486 e. The van der Waals surface area contributed by atoms with Crippen LogP contribution >= 0.6 is 12.2 Å². The van der Waals surface area contributed by atoms with Crippen molar-refractivity contribution in [3.05, 3.63) is 0 Å². The second-order valence-corrected chi connectivity index (χ2v) is 14.9. The highest BCUT2D eigenvalue weighted by Crippen LogP contribution is 2.58. The van der Waals surface area contributed by atoms with Crippen LogP contribution in [0.2, 0.25) is 0 Å². The number of thiocarbonyl (C=S) groups is 1. The quantitative estimate of drug-likeness (QED) is 0.0512. The predicted octanol–water partition coefficient (Wildman–Crippen LogP) is 11.3. The van der Waals surface area contributed by atoms with Gasteiger partial charge in [-0.1, -0.05) is 171 Å². The molecule has 45 heavy (non-hydrogen) atoms. The van der Waals surface area contributed by atoms with Crippen LogP contribution < -0.4 is 0 Å². The first kappa shape index (κ1) is 44.8. The number of aliphatic hydroxyl groups is 3. The Bertz CT molecular complexity index is 650. The zero-order chi connectivity index (χ0) is 34.1. The maximum atomic E-state index is 10.2. The highest BCUT2D eigenvalue weighted by Gasteiger charge is 2.57. The summed E-state index contributed by atoms with van der Waals surface area (Å²) in [5.74, 6) is 2.41. The van der Waals surface area contributed by atoms with E-state index in [0.29, 0.717) is 29.6 Å². The van der Waals surface area contributed by atoms with E-state index in [-0.39, 0.29) is 31.8 Å². The molecule has 0 rings (SSSR count). The lowest BCUT2D eigenvalue weighted by molar-refractivity contribution is -0.0582. The van der Waals surface area contributed by atoms with Crippen LogP contribution in [-0.4, -0.2) is 46.8 Å². The van der Waals surface area contributed by atoms with Crippen LogP contribution in [0.1, 0.15) is 184 Å². The van der Waals surface area contributed by atoms with Crippen LogP contribution in [0.3, 0.4) is 0 Å². The lowest BCUT2D eigenvalue weighted by Gasteiger charge is -2.56. The fourth-order valence-electron chi connectivity index (χ4n) is 8.57. The number of ether oxygens (including phenoxy) is 1. The van der Waals surface area contributed by atoms with Crippen molar-refractivity contribution in [1.82, 2.24) is 0 Å². The summed E-state index contributed by atoms with van der Waals surface area (Å²) in [4.78, 5) is 0. The molecule has 0 saturated carbocycles. The molecule has 0 radical (unpaired) electrons. The van der Waals surface area contributed by atoms with Crippen molar-refractivity contribution < 1.29 is 20.1 Å². The molecule has 0 spiro atoms. The Labute approximate surface area is 287 Å². The monoisotopic (exact) mass is 657 g/mol. The molecule has 0 fully saturated rings. The normalized spacial score (nSPS) is 17.0. The molecule has 4 unspecified atom stereocenters. The highest BCUT2D eigenvalue weighted by atomic mass is 32.1. The van der Waals surface area contributed by atoms with Crippen molar-refractivity contribution in [1.29, 1.82) is 0 Å². The van der Waals surface area contributed by atoms with Crippen LogP contribution in [0.4, 0.5) is 0 Å². The van der Waals surface area contributed by atoms with Crippen molar-refractivity contribution in [3.63, 3.8) is 0 Å². The summed E-state index contributed by atoms with van der Waals surface area (Å²) in [6.07, 6.45) is 24.2. The fourth-order valence-corrected chi connectivity index (χ4v) is 9.10. The van der Waals surface area contributed by atoms with E-state index in [9.17, 15) is 15.3 Å². The van der Waals surface area contributed by atoms with Gasteiger partial charge in [0.05, 0.1) is 25.2 Å². The fraction of sp³-hybridized carbons (Fsp3) is 0.975. The summed E-state index contributed by atoms with van der Waals surface area (Å²) in [6.45, 7) is 17.9. The van der Waals surface area contributed by atoms with Gasteiger partial charge in [0.1, 0.15) is 6.61 Å². The van der Waals surface area contributed by atoms with Crippen LogP contribution in [0, 0.1) is 40.4 Å². The molecular weight excluding hydrogens is 577 g/mol. The summed E-state index contributed by atoms with van der Waals surface area (Å²) >= 11 is 6.66. The molecule has 0 aromatic heterocycles. The van der Waals surface area contributed by atoms with Gasteiger partial charge in [0, 0.05) is 5.41 Å². The van der Waals surface area contributed by atoms with Crippen LogP contribution in [0.5, 0.6) is 0 Å². The zero-order valence-corrected chi connectivity index (χ0v) is 32.3. The van der Waals surface area contributed by atoms with Gasteiger partial charge in [0.2, 0.25) is 0 Å². The minimum Gasteiger partial charge on any atom is -0.486 e. The van der Waals surface area contributed by atoms with E-state index in [1.807, 2.05) is 0 Å². The maximum absolute atomic E-state index is 10.2. The van der Waals surface area contributed by atoms with Gasteiger partial charge in [0.15, 0.2) is 5.05 Å². The van der Waals surface area contributed by atoms with Crippen molar-refractivity contribution in [2.45, 2.75) is 184 Å². The van der Waals surface area contributed by atoms with Gasteiger partial charge >= 0.3 is 0 Å². The first-order chi connectivity index (χ1) is 21.8. The third kappa shape index (κ3) is 13.7. The summed E-state index contributed by atoms with van der Waals surface area (Å²) in [6, 6.07) is 0. The summed E-state index contributed by atoms with van der Waals surface area (Å²) in [5, 5.41) is 31.5. The van der Waals surface area contributed by atoms with E-state index < -0.39 is 5.41 Å². The Morgan fingerprint density at radius 3 is 1.18 bits per heavy atom. The van der Waals surface area contributed by atoms with Crippen molar-refractivity contribution in [3.8, 4) is 0 Å². The number of unbranched alkanes of at least 4 members (excludes halogenated alkanes) is 8. The third-order valence-corrected chi connectivity index (χ3v) is 12.0. The topological polar surface area (TPSA) is 69.9 Å². The zero-order valence-electron chi connectivity index (χ0n) is 31.5. The molecule has 0 bridgehead atoms. The molecular formula is C40H80O4S. The van der Waals surface area contributed by atoms with Crippen LogP contribution in [0.15, 0.2) is 0 Å². The van der Waals surface area contributed by atoms with E-state index in [1.54, 1.807) is 0 Å². The van der Waals surface area contributed by atoms with Crippen molar-refractivity contribution in [2.75, 3.05) is 26.4 Å². The van der Waals surface area contributed by atoms with Crippen LogP contribution in [0.25, 0.3) is 0 Å². The summed E-state index contributed by atoms with van der Waals surface area (Å²) in [7, 11) is 0. The van der Waals surface area contributed by atoms with Gasteiger partial charge in [-0.2, -0.15) is 0 Å². The average molecular weight is 657 g/mol. The van der Waals surface area contributed by atoms with Gasteiger partial charge in [0.25, 0.3) is 0 Å². The minimum absolute atomic E-state index is 0.0554. The Morgan fingerprint density at radius 1 is 0.533 bits per heavy atom. The van der Waals surface area contributed by atoms with E-state index in [1.165, 1.54) is 89.9 Å². The second kappa shape index (κ2) is 26.7. The third-order valence-electron chi connectivity index (χ3n) is 11.5. The molecule has 4 nitrogen and oxygen atoms in total. The second-order valence-electron chi connectivity index (χ2n) is 14.5. The maximum Gasteiger partial charge on any atom is 0.166 e. The number of rotatable bonds is 31. The molecule has 0 aliphatic heterocycles. The molecule has 0 saturated heterocycles. The molecule has 0 aromatic carbocycles. The van der Waals surface area contributed by atoms with Crippen molar-refractivity contribution in [2.24, 2.45) is 40.4 Å². The van der Waals surface area contributed by atoms with E-state index in [0.717, 1.165) is 43.6 Å². The highest BCUT2D eigenvalue weighted by molar-refractivity contribution is 7.80. The summed E-state index contributed by atoms with van der Waals surface area (Å²) < 4.78 is 6.80. The smallest absolute Gasteiger partial charge is 0.166 e. The molecule has 3 N–H and O–H groups in total. The molecule has 5 heteroatoms. The SMILES string of the molecule is CCCCCC(CC)C(C(CC)CCCCC)C(C(=S)OCC(CO)(CO)CO)(C(CC)CCCCC)C(CC)CCCCC. The van der Waals surface area contributed by atoms with Gasteiger partial charge < -0.3 is 20.1 Å². The van der Waals surface area contributed by atoms with E-state index >= 15 is 0 Å². The van der Waals surface area contributed by atoms with Gasteiger partial charge in [-0.05, 0) is 54.6 Å². The molecule has 0 aliphatic carbocycles. The Balaban J connectivity index is 7.69. The predicted molar refractivity (Wildman–Crippen MR) is 200 cm³/mol. The standard InChI is InChI=1S/C40H80O4S/c1-9-17-21-25-33(13-5)37(34(14-6)26-22-18-10-2)40(35(15-7)27-23-19-11-3,36(16-8)28-24-20-12-4)38(45)44-32-39(29-41,30-42)31-43/h33-37,41-43H,9-32H2,1-8H3. The van der Waals surface area contributed by atoms with Gasteiger partial charge in [-0.25, -0.2) is 0 Å². The molecule has 4 atom stereocenters. The Morgan fingerprint density at radius 2 is 0.889 bits per heavy atom. The molecule has 0 heterocycles. The number of aliphatic hydroxyl groups excluding tert-OH is 3. The minimum atomic E-state index is -1.10. The lowest BCUT2D eigenvalue weighted by atomic mass is 9.49. The summed E-state index contributed by atoms with van der Waals surface area (Å²) in [5.41, 5.74) is -1.37. The number of hydrogen-bond acceptors (Lipinski definition) is 5.